The van der Waals surface area contributed by atoms with Crippen LogP contribution in [0.1, 0.15) is 27.5 Å². The fourth-order valence-electron chi connectivity index (χ4n) is 4.90. The number of hydrogen-bond donors (Lipinski definition) is 1. The van der Waals surface area contributed by atoms with Gasteiger partial charge < -0.3 is 17.3 Å². The van der Waals surface area contributed by atoms with Crippen molar-refractivity contribution in [2.75, 3.05) is 30.9 Å². The summed E-state index contributed by atoms with van der Waals surface area (Å²) in [7, 11) is -4.12. The van der Waals surface area contributed by atoms with Gasteiger partial charge in [0.05, 0.1) is 27.3 Å². The molecule has 0 bridgehead atoms. The van der Waals surface area contributed by atoms with Gasteiger partial charge in [0.1, 0.15) is 4.90 Å². The number of nitrogens with zero attached hydrogens (tertiary/aromatic N) is 2. The molecule has 0 aromatic heterocycles. The highest BCUT2D eigenvalue weighted by atomic mass is 35.5. The van der Waals surface area contributed by atoms with Crippen LogP contribution in [0.5, 0.6) is 0 Å². The van der Waals surface area contributed by atoms with Crippen LogP contribution in [0.2, 0.25) is 15.1 Å². The van der Waals surface area contributed by atoms with E-state index in [0.29, 0.717) is 31.2 Å². The molecular weight excluding hydrogens is 624 g/mol. The smallest absolute Gasteiger partial charge is 0.263 e. The zero-order valence-electron chi connectivity index (χ0n) is 21.7. The number of carbonyl (C=O) groups is 1. The molecule has 1 aliphatic heterocycles. The molecule has 11 heteroatoms. The van der Waals surface area contributed by atoms with E-state index in [2.05, 4.69) is 33.9 Å². The number of hydrogen-bond acceptors (Lipinski definition) is 4. The molecule has 0 spiro atoms. The number of anilines is 1. The molecule has 6 nitrogen and oxygen atoms in total. The van der Waals surface area contributed by atoms with Crippen molar-refractivity contribution in [3.8, 4) is 0 Å². The average molecular weight is 650 g/mol. The lowest BCUT2D eigenvalue weighted by atomic mass is 9.96. The van der Waals surface area contributed by atoms with Gasteiger partial charge in [-0.2, -0.15) is 0 Å². The van der Waals surface area contributed by atoms with Crippen LogP contribution >= 0.6 is 34.8 Å². The van der Waals surface area contributed by atoms with Crippen LogP contribution in [0, 0.1) is 0 Å². The van der Waals surface area contributed by atoms with Crippen LogP contribution in [0.15, 0.2) is 102 Å². The zero-order chi connectivity index (χ0) is 28.3. The van der Waals surface area contributed by atoms with Gasteiger partial charge >= 0.3 is 0 Å². The minimum Gasteiger partial charge on any atom is -1.00 e. The Morgan fingerprint density at radius 1 is 0.732 bits per heavy atom. The van der Waals surface area contributed by atoms with Gasteiger partial charge in [-0.05, 0) is 41.5 Å². The Morgan fingerprint density at radius 2 is 1.32 bits per heavy atom. The standard InChI is InChI=1S/C30H26Cl3N3O3S.ClH/c31-23-12-7-13-24(18-23)34-40(38,39)28-19-25(26(32)20-27(28)33)30(37)36-16-14-35(15-17-36)29(21-8-3-1-4-9-21)22-10-5-2-6-11-22;/h1-13,18-20,29,34H,14-17H2;1H/p-1. The first kappa shape index (κ1) is 31.2. The summed E-state index contributed by atoms with van der Waals surface area (Å²) in [6.45, 7) is 2.17. The number of piperazine rings is 1. The molecule has 41 heavy (non-hydrogen) atoms. The second-order valence-electron chi connectivity index (χ2n) is 9.43. The van der Waals surface area contributed by atoms with Gasteiger partial charge in [-0.25, -0.2) is 8.42 Å². The monoisotopic (exact) mass is 648 g/mol. The molecule has 1 heterocycles. The van der Waals surface area contributed by atoms with Gasteiger partial charge in [0, 0.05) is 31.2 Å². The second-order valence-corrected chi connectivity index (χ2v) is 12.3. The van der Waals surface area contributed by atoms with E-state index in [0.717, 1.165) is 0 Å². The fraction of sp³-hybridized carbons (Fsp3) is 0.167. The molecule has 1 N–H and O–H groups in total. The van der Waals surface area contributed by atoms with Crippen molar-refractivity contribution in [3.05, 3.63) is 129 Å². The van der Waals surface area contributed by atoms with E-state index in [-0.39, 0.29) is 50.5 Å². The third-order valence-electron chi connectivity index (χ3n) is 6.82. The molecule has 214 valence electrons. The Labute approximate surface area is 261 Å². The van der Waals surface area contributed by atoms with E-state index in [4.69, 9.17) is 34.8 Å². The number of nitrogens with one attached hydrogen (secondary N) is 1. The summed E-state index contributed by atoms with van der Waals surface area (Å²) in [5, 5.41) is 0.374. The number of sulfonamides is 1. The van der Waals surface area contributed by atoms with Crippen molar-refractivity contribution in [1.29, 1.82) is 0 Å². The molecule has 0 aliphatic carbocycles. The Balaban J connectivity index is 0.00000387. The Morgan fingerprint density at radius 3 is 1.88 bits per heavy atom. The minimum atomic E-state index is -4.12. The van der Waals surface area contributed by atoms with Gasteiger partial charge in [-0.1, -0.05) is 102 Å². The van der Waals surface area contributed by atoms with Crippen LogP contribution in [-0.2, 0) is 10.0 Å². The lowest BCUT2D eigenvalue weighted by Gasteiger charge is -2.40. The largest absolute Gasteiger partial charge is 1.00 e. The number of benzene rings is 4. The van der Waals surface area contributed by atoms with Crippen molar-refractivity contribution < 1.29 is 25.6 Å². The van der Waals surface area contributed by atoms with Crippen molar-refractivity contribution in [1.82, 2.24) is 9.80 Å². The van der Waals surface area contributed by atoms with E-state index >= 15 is 0 Å². The van der Waals surface area contributed by atoms with Gasteiger partial charge in [-0.3, -0.25) is 14.4 Å². The van der Waals surface area contributed by atoms with Crippen LogP contribution in [0.25, 0.3) is 0 Å². The van der Waals surface area contributed by atoms with Crippen molar-refractivity contribution >= 4 is 56.4 Å². The Bertz CT molecular complexity index is 1580. The first-order valence-corrected chi connectivity index (χ1v) is 15.3. The maximum atomic E-state index is 13.6. The topological polar surface area (TPSA) is 69.7 Å². The van der Waals surface area contributed by atoms with Gasteiger partial charge in [0.2, 0.25) is 0 Å². The fourth-order valence-corrected chi connectivity index (χ4v) is 6.99. The SMILES string of the molecule is O=C(c1cc(S(=O)(=O)Nc2cccc(Cl)c2)c(Cl)cc1Cl)N1CCN(C(c2ccccc2)c2ccccc2)CC1.[Cl-]. The third-order valence-corrected chi connectivity index (χ3v) is 9.21. The molecule has 1 fully saturated rings. The quantitative estimate of drug-likeness (QED) is 0.329. The molecule has 1 saturated heterocycles. The third kappa shape index (κ3) is 7.17. The van der Waals surface area contributed by atoms with E-state index < -0.39 is 10.0 Å². The number of halogens is 4. The maximum absolute atomic E-state index is 13.6. The van der Waals surface area contributed by atoms with Crippen LogP contribution in [-0.4, -0.2) is 50.3 Å². The molecule has 0 atom stereocenters. The van der Waals surface area contributed by atoms with Crippen molar-refractivity contribution in [2.24, 2.45) is 0 Å². The molecular formula is C30H26Cl4N3O3S-. The second kappa shape index (κ2) is 13.5. The Kier molecular flexibility index (Phi) is 10.2. The summed E-state index contributed by atoms with van der Waals surface area (Å²) < 4.78 is 28.8. The molecule has 1 aliphatic rings. The Hall–Kier alpha value is -2.78. The van der Waals surface area contributed by atoms with Crippen LogP contribution < -0.4 is 17.1 Å². The van der Waals surface area contributed by atoms with Crippen molar-refractivity contribution in [3.63, 3.8) is 0 Å². The number of amides is 1. The summed E-state index contributed by atoms with van der Waals surface area (Å²) in [5.74, 6) is -0.350. The number of rotatable bonds is 7. The highest BCUT2D eigenvalue weighted by Crippen LogP contribution is 2.33. The molecule has 1 amide bonds. The molecule has 0 unspecified atom stereocenters. The summed E-state index contributed by atoms with van der Waals surface area (Å²) in [6, 6.07) is 29.4. The summed E-state index contributed by atoms with van der Waals surface area (Å²) in [4.78, 5) is 17.4. The summed E-state index contributed by atoms with van der Waals surface area (Å²) >= 11 is 18.7. The van der Waals surface area contributed by atoms with E-state index in [1.807, 2.05) is 36.4 Å². The van der Waals surface area contributed by atoms with Crippen LogP contribution in [0.3, 0.4) is 0 Å². The highest BCUT2D eigenvalue weighted by Gasteiger charge is 2.30. The predicted octanol–water partition coefficient (Wildman–Crippen LogP) is 4.00. The molecule has 0 saturated carbocycles. The molecule has 0 radical (unpaired) electrons. The first-order valence-electron chi connectivity index (χ1n) is 12.6. The lowest BCUT2D eigenvalue weighted by Crippen LogP contribution is -3.00. The average Bonchev–Trinajstić information content (AvgIpc) is 2.94. The van der Waals surface area contributed by atoms with E-state index in [1.165, 1.54) is 29.3 Å². The van der Waals surface area contributed by atoms with Gasteiger partial charge in [-0.15, -0.1) is 0 Å². The number of carbonyl (C=O) groups excluding carboxylic acids is 1. The first-order chi connectivity index (χ1) is 19.2. The molecule has 4 aromatic carbocycles. The summed E-state index contributed by atoms with van der Waals surface area (Å²) in [6.07, 6.45) is 0. The van der Waals surface area contributed by atoms with Crippen molar-refractivity contribution in [2.45, 2.75) is 10.9 Å². The lowest BCUT2D eigenvalue weighted by molar-refractivity contribution is -0.0000209. The molecule has 4 aromatic rings. The highest BCUT2D eigenvalue weighted by molar-refractivity contribution is 7.92. The molecule has 5 rings (SSSR count). The van der Waals surface area contributed by atoms with Gasteiger partial charge in [0.15, 0.2) is 0 Å². The maximum Gasteiger partial charge on any atom is 0.263 e. The predicted molar refractivity (Wildman–Crippen MR) is 161 cm³/mol. The minimum absolute atomic E-state index is 0. The van der Waals surface area contributed by atoms with Crippen LogP contribution in [0.4, 0.5) is 5.69 Å². The van der Waals surface area contributed by atoms with E-state index in [1.54, 1.807) is 23.1 Å². The van der Waals surface area contributed by atoms with E-state index in [9.17, 15) is 13.2 Å². The summed E-state index contributed by atoms with van der Waals surface area (Å²) in [5.41, 5.74) is 2.70. The van der Waals surface area contributed by atoms with Gasteiger partial charge in [0.25, 0.3) is 15.9 Å². The normalized spacial score (nSPS) is 14.0. The zero-order valence-corrected chi connectivity index (χ0v) is 25.5.